The number of piperazine rings is 1. The first-order valence-corrected chi connectivity index (χ1v) is 9.55. The van der Waals surface area contributed by atoms with Gasteiger partial charge in [0.05, 0.1) is 11.6 Å². The van der Waals surface area contributed by atoms with Crippen LogP contribution in [0.3, 0.4) is 0 Å². The molecule has 0 bridgehead atoms. The number of nitrogens with one attached hydrogen (secondary N) is 1. The van der Waals surface area contributed by atoms with E-state index in [4.69, 9.17) is 11.6 Å². The SMILES string of the molecule is CCN1CCN(c2ccc(F)cc2C(C)NC(=O)c2ccc(Cl)nc2)CC1. The Bertz CT molecular complexity index is 791. The van der Waals surface area contributed by atoms with E-state index in [1.165, 1.54) is 18.3 Å². The van der Waals surface area contributed by atoms with Crippen LogP contribution in [-0.2, 0) is 0 Å². The largest absolute Gasteiger partial charge is 0.369 e. The zero-order chi connectivity index (χ0) is 19.4. The Labute approximate surface area is 164 Å². The molecule has 5 nitrogen and oxygen atoms in total. The van der Waals surface area contributed by atoms with E-state index in [0.29, 0.717) is 10.7 Å². The summed E-state index contributed by atoms with van der Waals surface area (Å²) in [6.07, 6.45) is 1.43. The molecular formula is C20H24ClFN4O. The third kappa shape index (κ3) is 4.76. The van der Waals surface area contributed by atoms with Crippen LogP contribution in [0.2, 0.25) is 5.15 Å². The van der Waals surface area contributed by atoms with Crippen LogP contribution < -0.4 is 10.2 Å². The maximum absolute atomic E-state index is 13.9. The molecule has 0 spiro atoms. The van der Waals surface area contributed by atoms with Crippen molar-refractivity contribution >= 4 is 23.2 Å². The molecule has 2 aromatic rings. The van der Waals surface area contributed by atoms with E-state index >= 15 is 0 Å². The lowest BCUT2D eigenvalue weighted by molar-refractivity contribution is 0.0939. The van der Waals surface area contributed by atoms with Gasteiger partial charge in [0.15, 0.2) is 0 Å². The van der Waals surface area contributed by atoms with E-state index in [-0.39, 0.29) is 17.8 Å². The third-order valence-electron chi connectivity index (χ3n) is 4.95. The summed E-state index contributed by atoms with van der Waals surface area (Å²) in [5.74, 6) is -0.576. The van der Waals surface area contributed by atoms with Crippen molar-refractivity contribution in [3.05, 3.63) is 58.6 Å². The lowest BCUT2D eigenvalue weighted by Crippen LogP contribution is -2.46. The third-order valence-corrected chi connectivity index (χ3v) is 5.18. The number of rotatable bonds is 5. The number of halogens is 2. The van der Waals surface area contributed by atoms with Crippen LogP contribution in [0.1, 0.15) is 35.8 Å². The van der Waals surface area contributed by atoms with Crippen molar-refractivity contribution in [2.75, 3.05) is 37.6 Å². The molecule has 2 heterocycles. The van der Waals surface area contributed by atoms with Gasteiger partial charge in [-0.1, -0.05) is 18.5 Å². The fourth-order valence-electron chi connectivity index (χ4n) is 3.33. The van der Waals surface area contributed by atoms with Crippen molar-refractivity contribution in [3.63, 3.8) is 0 Å². The first-order valence-electron chi connectivity index (χ1n) is 9.17. The Morgan fingerprint density at radius 2 is 2.00 bits per heavy atom. The van der Waals surface area contributed by atoms with Crippen molar-refractivity contribution in [2.24, 2.45) is 0 Å². The Hall–Kier alpha value is -2.18. The first kappa shape index (κ1) is 19.6. The number of carbonyl (C=O) groups is 1. The molecule has 0 aliphatic carbocycles. The second kappa shape index (κ2) is 8.67. The van der Waals surface area contributed by atoms with Gasteiger partial charge in [-0.15, -0.1) is 0 Å². The van der Waals surface area contributed by atoms with Crippen LogP contribution in [0, 0.1) is 5.82 Å². The molecule has 1 atom stereocenters. The average Bonchev–Trinajstić information content (AvgIpc) is 2.68. The molecule has 1 fully saturated rings. The quantitative estimate of drug-likeness (QED) is 0.794. The van der Waals surface area contributed by atoms with Gasteiger partial charge >= 0.3 is 0 Å². The highest BCUT2D eigenvalue weighted by Gasteiger charge is 2.22. The number of carbonyl (C=O) groups excluding carboxylic acids is 1. The van der Waals surface area contributed by atoms with Gasteiger partial charge in [-0.05, 0) is 43.8 Å². The summed E-state index contributed by atoms with van der Waals surface area (Å²) in [5, 5.41) is 3.26. The average molecular weight is 391 g/mol. The standard InChI is InChI=1S/C20H24ClFN4O/c1-3-25-8-10-26(11-9-25)18-6-5-16(22)12-17(18)14(2)24-20(27)15-4-7-19(21)23-13-15/h4-7,12-14H,3,8-11H2,1-2H3,(H,24,27). The molecule has 1 aliphatic rings. The predicted molar refractivity (Wildman–Crippen MR) is 106 cm³/mol. The van der Waals surface area contributed by atoms with E-state index in [9.17, 15) is 9.18 Å². The van der Waals surface area contributed by atoms with Crippen LogP contribution in [0.5, 0.6) is 0 Å². The smallest absolute Gasteiger partial charge is 0.253 e. The van der Waals surface area contributed by atoms with Gasteiger partial charge in [0.2, 0.25) is 0 Å². The first-order chi connectivity index (χ1) is 13.0. The number of hydrogen-bond acceptors (Lipinski definition) is 4. The second-order valence-electron chi connectivity index (χ2n) is 6.69. The molecule has 144 valence electrons. The van der Waals surface area contributed by atoms with E-state index in [2.05, 4.69) is 27.0 Å². The number of likely N-dealkylation sites (N-methyl/N-ethyl adjacent to an activating group) is 1. The molecule has 1 N–H and O–H groups in total. The molecule has 3 rings (SSSR count). The number of pyridine rings is 1. The summed E-state index contributed by atoms with van der Waals surface area (Å²) in [4.78, 5) is 21.1. The predicted octanol–water partition coefficient (Wildman–Crippen LogP) is 3.51. The number of nitrogens with zero attached hydrogens (tertiary/aromatic N) is 3. The highest BCUT2D eigenvalue weighted by Crippen LogP contribution is 2.28. The minimum Gasteiger partial charge on any atom is -0.369 e. The molecule has 1 unspecified atom stereocenters. The van der Waals surface area contributed by atoms with E-state index in [0.717, 1.165) is 44.0 Å². The molecular weight excluding hydrogens is 367 g/mol. The molecule has 7 heteroatoms. The van der Waals surface area contributed by atoms with Crippen molar-refractivity contribution in [2.45, 2.75) is 19.9 Å². The summed E-state index contributed by atoms with van der Waals surface area (Å²) in [5.41, 5.74) is 2.16. The molecule has 1 aromatic carbocycles. The number of aromatic nitrogens is 1. The minimum absolute atomic E-state index is 0.266. The van der Waals surface area contributed by atoms with Crippen molar-refractivity contribution in [1.29, 1.82) is 0 Å². The van der Waals surface area contributed by atoms with E-state index < -0.39 is 0 Å². The summed E-state index contributed by atoms with van der Waals surface area (Å²) >= 11 is 5.77. The van der Waals surface area contributed by atoms with Gasteiger partial charge in [-0.3, -0.25) is 4.79 Å². The number of anilines is 1. The Kier molecular flexibility index (Phi) is 6.29. The summed E-state index contributed by atoms with van der Waals surface area (Å²) in [6.45, 7) is 8.77. The van der Waals surface area contributed by atoms with Crippen molar-refractivity contribution in [1.82, 2.24) is 15.2 Å². The monoisotopic (exact) mass is 390 g/mol. The van der Waals surface area contributed by atoms with Crippen molar-refractivity contribution in [3.8, 4) is 0 Å². The van der Waals surface area contributed by atoms with Crippen molar-refractivity contribution < 1.29 is 9.18 Å². The normalized spacial score (nSPS) is 16.2. The highest BCUT2D eigenvalue weighted by molar-refractivity contribution is 6.29. The van der Waals surface area contributed by atoms with Crippen LogP contribution in [0.15, 0.2) is 36.5 Å². The highest BCUT2D eigenvalue weighted by atomic mass is 35.5. The molecule has 1 amide bonds. The summed E-state index contributed by atoms with van der Waals surface area (Å²) in [7, 11) is 0. The molecule has 1 aliphatic heterocycles. The maximum Gasteiger partial charge on any atom is 0.253 e. The second-order valence-corrected chi connectivity index (χ2v) is 7.08. The molecule has 27 heavy (non-hydrogen) atoms. The zero-order valence-corrected chi connectivity index (χ0v) is 16.3. The van der Waals surface area contributed by atoms with Gasteiger partial charge in [0.1, 0.15) is 11.0 Å². The summed E-state index contributed by atoms with van der Waals surface area (Å²) < 4.78 is 13.9. The fourth-order valence-corrected chi connectivity index (χ4v) is 3.44. The molecule has 0 saturated carbocycles. The maximum atomic E-state index is 13.9. The van der Waals surface area contributed by atoms with Gasteiger partial charge in [-0.25, -0.2) is 9.37 Å². The number of hydrogen-bond donors (Lipinski definition) is 1. The van der Waals surface area contributed by atoms with Gasteiger partial charge in [-0.2, -0.15) is 0 Å². The van der Waals surface area contributed by atoms with Crippen LogP contribution >= 0.6 is 11.6 Å². The van der Waals surface area contributed by atoms with E-state index in [1.54, 1.807) is 18.2 Å². The van der Waals surface area contributed by atoms with Crippen LogP contribution in [-0.4, -0.2) is 48.5 Å². The van der Waals surface area contributed by atoms with E-state index in [1.807, 2.05) is 6.92 Å². The van der Waals surface area contributed by atoms with Gasteiger partial charge < -0.3 is 15.1 Å². The van der Waals surface area contributed by atoms with Gasteiger partial charge in [0.25, 0.3) is 5.91 Å². The lowest BCUT2D eigenvalue weighted by atomic mass is 10.0. The molecule has 1 aromatic heterocycles. The number of benzene rings is 1. The molecule has 0 radical (unpaired) electrons. The Balaban J connectivity index is 1.77. The Morgan fingerprint density at radius 3 is 2.63 bits per heavy atom. The Morgan fingerprint density at radius 1 is 1.26 bits per heavy atom. The topological polar surface area (TPSA) is 48.5 Å². The van der Waals surface area contributed by atoms with Gasteiger partial charge in [0, 0.05) is 43.6 Å². The molecule has 1 saturated heterocycles. The van der Waals surface area contributed by atoms with Crippen LogP contribution in [0.25, 0.3) is 0 Å². The fraction of sp³-hybridized carbons (Fsp3) is 0.400. The summed E-state index contributed by atoms with van der Waals surface area (Å²) in [6, 6.07) is 7.63. The zero-order valence-electron chi connectivity index (χ0n) is 15.6. The lowest BCUT2D eigenvalue weighted by Gasteiger charge is -2.37. The van der Waals surface area contributed by atoms with Crippen LogP contribution in [0.4, 0.5) is 10.1 Å². The minimum atomic E-state index is -0.344. The number of amides is 1.